The second kappa shape index (κ2) is 8.00. The molecule has 2 aromatic carbocycles. The van der Waals surface area contributed by atoms with Crippen LogP contribution < -0.4 is 4.74 Å². The molecule has 2 heterocycles. The standard InChI is InChI=1S/C26H25N3O2/c1-2-11-26(30)15-21(16-26)24-23-17-27-12-13-29(23)25(28-24)20-9-6-10-22(14-20)31-18-19-7-4-3-5-8-19/h2-10,12-14,17,21,30H,1,11,15-16,18H2. The number of rotatable bonds is 7. The highest BCUT2D eigenvalue weighted by Crippen LogP contribution is 2.48. The van der Waals surface area contributed by atoms with E-state index in [-0.39, 0.29) is 5.92 Å². The first-order chi connectivity index (χ1) is 15.1. The van der Waals surface area contributed by atoms with Crippen LogP contribution in [0.5, 0.6) is 5.75 Å². The molecule has 4 aromatic rings. The Bertz CT molecular complexity index is 1210. The van der Waals surface area contributed by atoms with E-state index in [0.717, 1.165) is 33.9 Å². The van der Waals surface area contributed by atoms with E-state index >= 15 is 0 Å². The fourth-order valence-electron chi connectivity index (χ4n) is 4.42. The Morgan fingerprint density at radius 2 is 2.00 bits per heavy atom. The van der Waals surface area contributed by atoms with Crippen LogP contribution in [0.3, 0.4) is 0 Å². The summed E-state index contributed by atoms with van der Waals surface area (Å²) < 4.78 is 8.09. The van der Waals surface area contributed by atoms with Crippen LogP contribution in [-0.2, 0) is 6.61 Å². The van der Waals surface area contributed by atoms with Gasteiger partial charge in [-0.25, -0.2) is 4.98 Å². The summed E-state index contributed by atoms with van der Waals surface area (Å²) in [6.07, 6.45) is 9.35. The van der Waals surface area contributed by atoms with Crippen molar-refractivity contribution in [1.29, 1.82) is 0 Å². The molecular weight excluding hydrogens is 386 g/mol. The Balaban J connectivity index is 1.44. The highest BCUT2D eigenvalue weighted by molar-refractivity contribution is 5.67. The normalized spacial score (nSPS) is 20.4. The molecule has 0 atom stereocenters. The zero-order chi connectivity index (χ0) is 21.3. The quantitative estimate of drug-likeness (QED) is 0.427. The van der Waals surface area contributed by atoms with Gasteiger partial charge in [0, 0.05) is 23.9 Å². The minimum atomic E-state index is -0.657. The van der Waals surface area contributed by atoms with Crippen molar-refractivity contribution in [2.24, 2.45) is 0 Å². The minimum absolute atomic E-state index is 0.218. The lowest BCUT2D eigenvalue weighted by molar-refractivity contribution is -0.0463. The molecule has 0 bridgehead atoms. The first-order valence-corrected chi connectivity index (χ1v) is 10.6. The second-order valence-electron chi connectivity index (χ2n) is 8.28. The fraction of sp³-hybridized carbons (Fsp3) is 0.231. The lowest BCUT2D eigenvalue weighted by Crippen LogP contribution is -2.42. The maximum absolute atomic E-state index is 10.6. The summed E-state index contributed by atoms with van der Waals surface area (Å²) in [5, 5.41) is 10.6. The van der Waals surface area contributed by atoms with E-state index in [2.05, 4.69) is 28.1 Å². The number of imidazole rings is 1. The third kappa shape index (κ3) is 3.84. The molecule has 0 spiro atoms. The lowest BCUT2D eigenvalue weighted by atomic mass is 9.68. The summed E-state index contributed by atoms with van der Waals surface area (Å²) in [6, 6.07) is 18.2. The van der Waals surface area contributed by atoms with Gasteiger partial charge in [0.05, 0.1) is 23.0 Å². The van der Waals surface area contributed by atoms with Gasteiger partial charge in [-0.2, -0.15) is 0 Å². The van der Waals surface area contributed by atoms with Gasteiger partial charge in [0.15, 0.2) is 0 Å². The Hall–Kier alpha value is -3.44. The molecule has 0 radical (unpaired) electrons. The number of ether oxygens (including phenoxy) is 1. The summed E-state index contributed by atoms with van der Waals surface area (Å²) >= 11 is 0. The van der Waals surface area contributed by atoms with E-state index in [9.17, 15) is 5.11 Å². The largest absolute Gasteiger partial charge is 0.489 e. The van der Waals surface area contributed by atoms with Crippen molar-refractivity contribution in [2.45, 2.75) is 37.4 Å². The molecule has 0 saturated heterocycles. The Morgan fingerprint density at radius 3 is 2.81 bits per heavy atom. The summed E-state index contributed by atoms with van der Waals surface area (Å²) in [5.41, 5.74) is 3.44. The monoisotopic (exact) mass is 411 g/mol. The highest BCUT2D eigenvalue weighted by Gasteiger charge is 2.44. The number of aromatic nitrogens is 3. The van der Waals surface area contributed by atoms with E-state index in [1.54, 1.807) is 12.3 Å². The second-order valence-corrected chi connectivity index (χ2v) is 8.28. The van der Waals surface area contributed by atoms with Gasteiger partial charge >= 0.3 is 0 Å². The number of benzene rings is 2. The fourth-order valence-corrected chi connectivity index (χ4v) is 4.42. The highest BCUT2D eigenvalue weighted by atomic mass is 16.5. The lowest BCUT2D eigenvalue weighted by Gasteiger charge is -2.42. The van der Waals surface area contributed by atoms with E-state index in [4.69, 9.17) is 9.72 Å². The summed E-state index contributed by atoms with van der Waals surface area (Å²) in [5.74, 6) is 1.88. The van der Waals surface area contributed by atoms with Crippen molar-refractivity contribution < 1.29 is 9.84 Å². The van der Waals surface area contributed by atoms with Gasteiger partial charge in [0.1, 0.15) is 18.2 Å². The number of aliphatic hydroxyl groups is 1. The SMILES string of the molecule is C=CCC1(O)CC(c2nc(-c3cccc(OCc4ccccc4)c3)n3ccncc23)C1. The van der Waals surface area contributed by atoms with Crippen LogP contribution in [0.2, 0.25) is 0 Å². The molecule has 1 aliphatic rings. The third-order valence-electron chi connectivity index (χ3n) is 5.98. The van der Waals surface area contributed by atoms with Crippen LogP contribution >= 0.6 is 0 Å². The average molecular weight is 412 g/mol. The molecule has 2 aromatic heterocycles. The number of fused-ring (bicyclic) bond motifs is 1. The van der Waals surface area contributed by atoms with Crippen molar-refractivity contribution in [2.75, 3.05) is 0 Å². The molecule has 5 nitrogen and oxygen atoms in total. The molecule has 156 valence electrons. The first kappa shape index (κ1) is 19.5. The third-order valence-corrected chi connectivity index (χ3v) is 5.98. The molecule has 1 N–H and O–H groups in total. The zero-order valence-corrected chi connectivity index (χ0v) is 17.3. The summed E-state index contributed by atoms with van der Waals surface area (Å²) in [4.78, 5) is 9.31. The smallest absolute Gasteiger partial charge is 0.145 e. The van der Waals surface area contributed by atoms with E-state index < -0.39 is 5.60 Å². The molecule has 1 fully saturated rings. The number of nitrogens with zero attached hydrogens (tertiary/aromatic N) is 3. The van der Waals surface area contributed by atoms with Gasteiger partial charge in [-0.15, -0.1) is 6.58 Å². The molecule has 0 unspecified atom stereocenters. The molecule has 31 heavy (non-hydrogen) atoms. The van der Waals surface area contributed by atoms with Crippen LogP contribution in [0.1, 0.15) is 36.4 Å². The van der Waals surface area contributed by atoms with Crippen molar-refractivity contribution in [1.82, 2.24) is 14.4 Å². The van der Waals surface area contributed by atoms with Gasteiger partial charge in [-0.3, -0.25) is 9.38 Å². The average Bonchev–Trinajstić information content (AvgIpc) is 3.16. The number of hydrogen-bond acceptors (Lipinski definition) is 4. The molecule has 5 rings (SSSR count). The Kier molecular flexibility index (Phi) is 5.04. The maximum Gasteiger partial charge on any atom is 0.145 e. The summed E-state index contributed by atoms with van der Waals surface area (Å²) in [7, 11) is 0. The maximum atomic E-state index is 10.6. The van der Waals surface area contributed by atoms with Crippen molar-refractivity contribution >= 4 is 5.52 Å². The van der Waals surface area contributed by atoms with Gasteiger partial charge in [0.25, 0.3) is 0 Å². The van der Waals surface area contributed by atoms with E-state index in [0.29, 0.717) is 25.9 Å². The van der Waals surface area contributed by atoms with Gasteiger partial charge in [0.2, 0.25) is 0 Å². The summed E-state index contributed by atoms with van der Waals surface area (Å²) in [6.45, 7) is 4.28. The van der Waals surface area contributed by atoms with Crippen LogP contribution in [0.4, 0.5) is 0 Å². The number of hydrogen-bond donors (Lipinski definition) is 1. The van der Waals surface area contributed by atoms with Crippen molar-refractivity contribution in [3.8, 4) is 17.1 Å². The predicted octanol–water partition coefficient (Wildman–Crippen LogP) is 5.16. The van der Waals surface area contributed by atoms with Crippen LogP contribution in [-0.4, -0.2) is 25.1 Å². The van der Waals surface area contributed by atoms with E-state index in [1.807, 2.05) is 54.9 Å². The molecular formula is C26H25N3O2. The molecule has 1 saturated carbocycles. The van der Waals surface area contributed by atoms with Gasteiger partial charge in [-0.1, -0.05) is 48.5 Å². The zero-order valence-electron chi connectivity index (χ0n) is 17.3. The van der Waals surface area contributed by atoms with Crippen molar-refractivity contribution in [3.63, 3.8) is 0 Å². The molecule has 0 aliphatic heterocycles. The molecule has 1 aliphatic carbocycles. The molecule has 5 heteroatoms. The Labute approximate surface area is 181 Å². The first-order valence-electron chi connectivity index (χ1n) is 10.6. The van der Waals surface area contributed by atoms with Crippen LogP contribution in [0.15, 0.2) is 85.8 Å². The van der Waals surface area contributed by atoms with Crippen molar-refractivity contribution in [3.05, 3.63) is 97.1 Å². The minimum Gasteiger partial charge on any atom is -0.489 e. The Morgan fingerprint density at radius 1 is 1.16 bits per heavy atom. The molecule has 0 amide bonds. The van der Waals surface area contributed by atoms with Gasteiger partial charge < -0.3 is 9.84 Å². The predicted molar refractivity (Wildman–Crippen MR) is 121 cm³/mol. The topological polar surface area (TPSA) is 59.7 Å². The van der Waals surface area contributed by atoms with Gasteiger partial charge in [-0.05, 0) is 37.0 Å². The van der Waals surface area contributed by atoms with Crippen LogP contribution in [0, 0.1) is 0 Å². The van der Waals surface area contributed by atoms with E-state index in [1.165, 1.54) is 0 Å². The van der Waals surface area contributed by atoms with Crippen LogP contribution in [0.25, 0.3) is 16.9 Å².